The molecule has 15 heavy (non-hydrogen) atoms. The monoisotopic (exact) mass is 227 g/mol. The van der Waals surface area contributed by atoms with Crippen molar-refractivity contribution in [3.05, 3.63) is 22.6 Å². The van der Waals surface area contributed by atoms with Crippen molar-refractivity contribution in [1.82, 2.24) is 9.38 Å². The van der Waals surface area contributed by atoms with Crippen LogP contribution < -0.4 is 5.73 Å². The zero-order valence-electron chi connectivity index (χ0n) is 8.18. The molecule has 2 rings (SSSR count). The van der Waals surface area contributed by atoms with Crippen molar-refractivity contribution < 1.29 is 10.2 Å². The summed E-state index contributed by atoms with van der Waals surface area (Å²) in [6.07, 6.45) is 2.38. The summed E-state index contributed by atoms with van der Waals surface area (Å²) in [4.78, 5) is 5.98. The molecule has 4 N–H and O–H groups in total. The Kier molecular flexibility index (Phi) is 3.01. The van der Waals surface area contributed by atoms with E-state index in [1.165, 1.54) is 11.3 Å². The van der Waals surface area contributed by atoms with Crippen molar-refractivity contribution in [3.8, 4) is 0 Å². The first kappa shape index (κ1) is 10.6. The fraction of sp³-hybridized carbons (Fsp3) is 0.444. The Morgan fingerprint density at radius 3 is 2.80 bits per heavy atom. The van der Waals surface area contributed by atoms with Gasteiger partial charge in [-0.05, 0) is 6.54 Å². The standard InChI is InChI=1S/C9H13N3O2S/c10-2-1-6-9-12(5-11-6)7(3-13)8(4-14)15-9/h5,13-14H,1-4,10H2. The molecule has 0 aromatic carbocycles. The molecule has 0 aliphatic carbocycles. The summed E-state index contributed by atoms with van der Waals surface area (Å²) in [6, 6.07) is 0. The molecule has 5 nitrogen and oxygen atoms in total. The summed E-state index contributed by atoms with van der Waals surface area (Å²) in [5.41, 5.74) is 7.12. The fourth-order valence-electron chi connectivity index (χ4n) is 1.58. The van der Waals surface area contributed by atoms with Crippen molar-refractivity contribution >= 4 is 16.2 Å². The Bertz CT molecular complexity index is 463. The smallest absolute Gasteiger partial charge is 0.123 e. The largest absolute Gasteiger partial charge is 0.391 e. The number of aliphatic hydroxyl groups is 2. The molecule has 0 saturated heterocycles. The average Bonchev–Trinajstić information content (AvgIpc) is 2.78. The molecule has 0 saturated carbocycles. The lowest BCUT2D eigenvalue weighted by atomic mass is 10.3. The highest BCUT2D eigenvalue weighted by molar-refractivity contribution is 7.17. The van der Waals surface area contributed by atoms with Gasteiger partial charge in [-0.3, -0.25) is 4.40 Å². The van der Waals surface area contributed by atoms with Crippen LogP contribution in [0.3, 0.4) is 0 Å². The van der Waals surface area contributed by atoms with E-state index in [4.69, 9.17) is 10.8 Å². The second kappa shape index (κ2) is 4.28. The summed E-state index contributed by atoms with van der Waals surface area (Å²) >= 11 is 1.46. The first-order valence-corrected chi connectivity index (χ1v) is 5.51. The van der Waals surface area contributed by atoms with Gasteiger partial charge in [-0.25, -0.2) is 4.98 Å². The van der Waals surface area contributed by atoms with E-state index < -0.39 is 0 Å². The van der Waals surface area contributed by atoms with Gasteiger partial charge in [0.25, 0.3) is 0 Å². The summed E-state index contributed by atoms with van der Waals surface area (Å²) in [5.74, 6) is 0. The maximum absolute atomic E-state index is 9.20. The molecule has 0 aliphatic heterocycles. The molecule has 82 valence electrons. The topological polar surface area (TPSA) is 83.8 Å². The lowest BCUT2D eigenvalue weighted by Crippen LogP contribution is -2.02. The Labute approximate surface area is 90.8 Å². The SMILES string of the molecule is NCCc1ncn2c(CO)c(CO)sc12. The molecule has 2 aromatic heterocycles. The van der Waals surface area contributed by atoms with Gasteiger partial charge in [-0.15, -0.1) is 11.3 Å². The minimum atomic E-state index is -0.0890. The number of fused-ring (bicyclic) bond motifs is 1. The van der Waals surface area contributed by atoms with Gasteiger partial charge in [-0.1, -0.05) is 0 Å². The number of aromatic nitrogens is 2. The van der Waals surface area contributed by atoms with Crippen molar-refractivity contribution in [3.63, 3.8) is 0 Å². The number of hydrogen-bond donors (Lipinski definition) is 3. The van der Waals surface area contributed by atoms with Gasteiger partial charge in [0.05, 0.1) is 29.5 Å². The molecule has 2 heterocycles. The Morgan fingerprint density at radius 2 is 2.20 bits per heavy atom. The number of rotatable bonds is 4. The second-order valence-electron chi connectivity index (χ2n) is 3.19. The van der Waals surface area contributed by atoms with Gasteiger partial charge in [-0.2, -0.15) is 0 Å². The summed E-state index contributed by atoms with van der Waals surface area (Å²) in [5, 5.41) is 18.3. The number of hydrogen-bond acceptors (Lipinski definition) is 5. The number of thiazole rings is 1. The van der Waals surface area contributed by atoms with E-state index in [-0.39, 0.29) is 13.2 Å². The molecule has 2 aromatic rings. The highest BCUT2D eigenvalue weighted by Crippen LogP contribution is 2.26. The van der Waals surface area contributed by atoms with Crippen LogP contribution in [0.2, 0.25) is 0 Å². The van der Waals surface area contributed by atoms with E-state index in [1.54, 1.807) is 6.33 Å². The fourth-order valence-corrected chi connectivity index (χ4v) is 2.69. The van der Waals surface area contributed by atoms with Gasteiger partial charge < -0.3 is 15.9 Å². The Balaban J connectivity index is 2.56. The Hall–Kier alpha value is -0.950. The van der Waals surface area contributed by atoms with Crippen LogP contribution in [0.5, 0.6) is 0 Å². The van der Waals surface area contributed by atoms with Crippen molar-refractivity contribution in [2.45, 2.75) is 19.6 Å². The molecular formula is C9H13N3O2S. The van der Waals surface area contributed by atoms with E-state index in [0.29, 0.717) is 18.7 Å². The van der Waals surface area contributed by atoms with Gasteiger partial charge in [0.15, 0.2) is 0 Å². The normalized spacial score (nSPS) is 11.4. The van der Waals surface area contributed by atoms with Crippen molar-refractivity contribution in [2.75, 3.05) is 6.54 Å². The second-order valence-corrected chi connectivity index (χ2v) is 4.28. The molecule has 0 radical (unpaired) electrons. The molecule has 0 bridgehead atoms. The molecule has 0 aliphatic rings. The minimum Gasteiger partial charge on any atom is -0.391 e. The average molecular weight is 227 g/mol. The van der Waals surface area contributed by atoms with E-state index in [1.807, 2.05) is 4.40 Å². The highest BCUT2D eigenvalue weighted by Gasteiger charge is 2.14. The molecular weight excluding hydrogens is 214 g/mol. The van der Waals surface area contributed by atoms with E-state index in [0.717, 1.165) is 15.4 Å². The lowest BCUT2D eigenvalue weighted by Gasteiger charge is -1.95. The number of nitrogens with two attached hydrogens (primary N) is 1. The molecule has 6 heteroatoms. The number of nitrogens with zero attached hydrogens (tertiary/aromatic N) is 2. The third kappa shape index (κ3) is 1.65. The zero-order chi connectivity index (χ0) is 10.8. The third-order valence-electron chi connectivity index (χ3n) is 2.30. The van der Waals surface area contributed by atoms with Gasteiger partial charge in [0, 0.05) is 6.42 Å². The molecule has 0 fully saturated rings. The highest BCUT2D eigenvalue weighted by atomic mass is 32.1. The van der Waals surface area contributed by atoms with Crippen LogP contribution in [-0.4, -0.2) is 26.1 Å². The van der Waals surface area contributed by atoms with Gasteiger partial charge in [0.1, 0.15) is 11.2 Å². The molecule has 0 unspecified atom stereocenters. The molecule has 0 amide bonds. The third-order valence-corrected chi connectivity index (χ3v) is 3.54. The van der Waals surface area contributed by atoms with E-state index in [2.05, 4.69) is 4.98 Å². The zero-order valence-corrected chi connectivity index (χ0v) is 9.00. The summed E-state index contributed by atoms with van der Waals surface area (Å²) in [6.45, 7) is 0.409. The van der Waals surface area contributed by atoms with E-state index >= 15 is 0 Å². The van der Waals surface area contributed by atoms with Crippen LogP contribution in [0.1, 0.15) is 16.3 Å². The van der Waals surface area contributed by atoms with Crippen LogP contribution in [0, 0.1) is 0 Å². The van der Waals surface area contributed by atoms with Crippen LogP contribution in [0.15, 0.2) is 6.33 Å². The molecule has 0 spiro atoms. The summed E-state index contributed by atoms with van der Waals surface area (Å²) in [7, 11) is 0. The van der Waals surface area contributed by atoms with Crippen molar-refractivity contribution in [2.24, 2.45) is 5.73 Å². The molecule has 0 atom stereocenters. The maximum atomic E-state index is 9.20. The van der Waals surface area contributed by atoms with Gasteiger partial charge in [0.2, 0.25) is 0 Å². The first-order chi connectivity index (χ1) is 7.31. The Morgan fingerprint density at radius 1 is 1.40 bits per heavy atom. The first-order valence-electron chi connectivity index (χ1n) is 4.70. The van der Waals surface area contributed by atoms with Gasteiger partial charge >= 0.3 is 0 Å². The van der Waals surface area contributed by atoms with Crippen LogP contribution in [-0.2, 0) is 19.6 Å². The predicted molar refractivity (Wildman–Crippen MR) is 57.7 cm³/mol. The number of imidazole rings is 1. The lowest BCUT2D eigenvalue weighted by molar-refractivity contribution is 0.258. The van der Waals surface area contributed by atoms with Crippen LogP contribution in [0.4, 0.5) is 0 Å². The quantitative estimate of drug-likeness (QED) is 0.680. The van der Waals surface area contributed by atoms with Crippen LogP contribution >= 0.6 is 11.3 Å². The van der Waals surface area contributed by atoms with Crippen LogP contribution in [0.25, 0.3) is 4.83 Å². The summed E-state index contributed by atoms with van der Waals surface area (Å²) < 4.78 is 1.82. The predicted octanol–water partition coefficient (Wildman–Crippen LogP) is -0.118. The number of aliphatic hydroxyl groups excluding tert-OH is 2. The van der Waals surface area contributed by atoms with Crippen molar-refractivity contribution in [1.29, 1.82) is 0 Å². The maximum Gasteiger partial charge on any atom is 0.123 e. The minimum absolute atomic E-state index is 0.0513. The van der Waals surface area contributed by atoms with E-state index in [9.17, 15) is 5.11 Å².